The van der Waals surface area contributed by atoms with E-state index in [1.54, 1.807) is 0 Å². The number of benzene rings is 5. The Morgan fingerprint density at radius 2 is 1.39 bits per heavy atom. The van der Waals surface area contributed by atoms with Crippen LogP contribution in [0.15, 0.2) is 134 Å². The van der Waals surface area contributed by atoms with Crippen LogP contribution in [0.5, 0.6) is 0 Å². The van der Waals surface area contributed by atoms with Gasteiger partial charge in [0.2, 0.25) is 0 Å². The summed E-state index contributed by atoms with van der Waals surface area (Å²) in [5.74, 6) is 0. The van der Waals surface area contributed by atoms with Gasteiger partial charge >= 0.3 is 0 Å². The molecule has 9 rings (SSSR count). The largest absolute Gasteiger partial charge is 0.309 e. The second-order valence-corrected chi connectivity index (χ2v) is 13.2. The fourth-order valence-corrected chi connectivity index (χ4v) is 10.00. The highest BCUT2D eigenvalue weighted by Gasteiger charge is 2.42. The minimum absolute atomic E-state index is 0.863. The van der Waals surface area contributed by atoms with Gasteiger partial charge in [0.05, 0.1) is 34.0 Å². The van der Waals surface area contributed by atoms with Crippen LogP contribution in [0.3, 0.4) is 0 Å². The second-order valence-electron chi connectivity index (χ2n) is 10.6. The minimum Gasteiger partial charge on any atom is -0.309 e. The Balaban J connectivity index is 1.40. The number of aromatic nitrogens is 3. The van der Waals surface area contributed by atoms with Gasteiger partial charge in [-0.1, -0.05) is 97.1 Å². The molecule has 0 bridgehead atoms. The number of pyridine rings is 2. The van der Waals surface area contributed by atoms with E-state index in [0.29, 0.717) is 0 Å². The summed E-state index contributed by atoms with van der Waals surface area (Å²) in [5.41, 5.74) is 6.94. The van der Waals surface area contributed by atoms with Gasteiger partial charge in [0.1, 0.15) is 0 Å². The molecule has 0 spiro atoms. The molecular formula is C36H22N3OP. The van der Waals surface area contributed by atoms with E-state index in [4.69, 9.17) is 4.98 Å². The van der Waals surface area contributed by atoms with Crippen molar-refractivity contribution in [2.45, 2.75) is 0 Å². The standard InChI is InChI=1S/C36H22N3OP/c40-41(26-10-2-1-3-11-26)32-15-7-5-12-27(32)28-18-19-31-33(36(28)41)29-13-4-6-14-30(29)39(31)25-21-24-17-16-23-9-8-20-37-34(23)35(24)38-22-25/h1-22H. The highest BCUT2D eigenvalue weighted by Crippen LogP contribution is 2.55. The Hall–Kier alpha value is -5.05. The Bertz CT molecular complexity index is 2410. The number of fused-ring (bicyclic) bond motifs is 10. The van der Waals surface area contributed by atoms with Crippen LogP contribution >= 0.6 is 7.14 Å². The fraction of sp³-hybridized carbons (Fsp3) is 0. The van der Waals surface area contributed by atoms with Gasteiger partial charge in [0, 0.05) is 43.7 Å². The van der Waals surface area contributed by atoms with E-state index >= 15 is 4.57 Å². The summed E-state index contributed by atoms with van der Waals surface area (Å²) >= 11 is 0. The van der Waals surface area contributed by atoms with Gasteiger partial charge in [0.15, 0.2) is 7.14 Å². The van der Waals surface area contributed by atoms with Crippen LogP contribution in [0.2, 0.25) is 0 Å². The monoisotopic (exact) mass is 543 g/mol. The SMILES string of the molecule is O=P1(c2ccccc2)c2ccccc2-c2ccc3c(c21)c1ccccc1n3-c1cnc2c(ccc3cccnc32)c1. The van der Waals surface area contributed by atoms with Crippen molar-refractivity contribution in [2.75, 3.05) is 0 Å². The number of hydrogen-bond donors (Lipinski definition) is 0. The van der Waals surface area contributed by atoms with Crippen molar-refractivity contribution >= 4 is 66.7 Å². The molecule has 4 nitrogen and oxygen atoms in total. The zero-order valence-corrected chi connectivity index (χ0v) is 22.8. The molecule has 5 heteroatoms. The summed E-state index contributed by atoms with van der Waals surface area (Å²) in [6, 6.07) is 41.3. The lowest BCUT2D eigenvalue weighted by Crippen LogP contribution is -2.21. The highest BCUT2D eigenvalue weighted by atomic mass is 31.2. The highest BCUT2D eigenvalue weighted by molar-refractivity contribution is 7.86. The Morgan fingerprint density at radius 1 is 0.610 bits per heavy atom. The van der Waals surface area contributed by atoms with Crippen LogP contribution < -0.4 is 15.9 Å². The average molecular weight is 544 g/mol. The summed E-state index contributed by atoms with van der Waals surface area (Å²) in [7, 11) is -3.13. The zero-order valence-electron chi connectivity index (χ0n) is 21.9. The first-order chi connectivity index (χ1) is 20.2. The first-order valence-corrected chi connectivity index (χ1v) is 15.4. The van der Waals surface area contributed by atoms with E-state index in [1.165, 1.54) is 0 Å². The Kier molecular flexibility index (Phi) is 4.57. The first-order valence-electron chi connectivity index (χ1n) is 13.7. The molecule has 0 radical (unpaired) electrons. The maximum Gasteiger partial charge on any atom is 0.172 e. The van der Waals surface area contributed by atoms with Crippen LogP contribution in [0.1, 0.15) is 0 Å². The normalized spacial score (nSPS) is 16.0. The third kappa shape index (κ3) is 2.97. The summed E-state index contributed by atoms with van der Waals surface area (Å²) in [5, 5.41) is 6.94. The number of nitrogens with zero attached hydrogens (tertiary/aromatic N) is 3. The lowest BCUT2D eigenvalue weighted by atomic mass is 10.0. The molecule has 0 amide bonds. The summed E-state index contributed by atoms with van der Waals surface area (Å²) < 4.78 is 17.8. The summed E-state index contributed by atoms with van der Waals surface area (Å²) in [4.78, 5) is 9.53. The molecule has 1 atom stereocenters. The van der Waals surface area contributed by atoms with Crippen LogP contribution in [0.25, 0.3) is 60.4 Å². The molecule has 0 N–H and O–H groups in total. The molecule has 0 fully saturated rings. The summed E-state index contributed by atoms with van der Waals surface area (Å²) in [6.45, 7) is 0. The smallest absolute Gasteiger partial charge is 0.172 e. The molecule has 0 saturated carbocycles. The van der Waals surface area contributed by atoms with Gasteiger partial charge in [-0.3, -0.25) is 9.97 Å². The molecular weight excluding hydrogens is 521 g/mol. The molecule has 1 unspecified atom stereocenters. The lowest BCUT2D eigenvalue weighted by molar-refractivity contribution is 0.593. The summed E-state index contributed by atoms with van der Waals surface area (Å²) in [6.07, 6.45) is 3.75. The molecule has 192 valence electrons. The van der Waals surface area contributed by atoms with Gasteiger partial charge in [-0.05, 0) is 35.4 Å². The molecule has 5 aromatic carbocycles. The molecule has 1 aliphatic rings. The molecule has 0 saturated heterocycles. The number of hydrogen-bond acceptors (Lipinski definition) is 3. The van der Waals surface area contributed by atoms with Crippen LogP contribution in [-0.2, 0) is 4.57 Å². The van der Waals surface area contributed by atoms with E-state index in [0.717, 1.165) is 76.3 Å². The van der Waals surface area contributed by atoms with Crippen molar-refractivity contribution in [3.05, 3.63) is 134 Å². The first kappa shape index (κ1) is 22.7. The van der Waals surface area contributed by atoms with Crippen molar-refractivity contribution in [2.24, 2.45) is 0 Å². The van der Waals surface area contributed by atoms with Gasteiger partial charge < -0.3 is 9.13 Å². The second kappa shape index (κ2) is 8.23. The zero-order chi connectivity index (χ0) is 27.1. The quantitative estimate of drug-likeness (QED) is 0.168. The molecule has 0 aliphatic carbocycles. The fourth-order valence-electron chi connectivity index (χ4n) is 6.71. The Labute approximate surface area is 235 Å². The maximum atomic E-state index is 15.5. The average Bonchev–Trinajstić information content (AvgIpc) is 3.51. The van der Waals surface area contributed by atoms with Crippen molar-refractivity contribution in [1.29, 1.82) is 0 Å². The molecule has 3 aromatic heterocycles. The third-order valence-corrected chi connectivity index (χ3v) is 11.6. The van der Waals surface area contributed by atoms with Gasteiger partial charge in [0.25, 0.3) is 0 Å². The molecule has 8 aromatic rings. The van der Waals surface area contributed by atoms with E-state index in [-0.39, 0.29) is 0 Å². The van der Waals surface area contributed by atoms with E-state index in [9.17, 15) is 0 Å². The van der Waals surface area contributed by atoms with Crippen LogP contribution in [-0.4, -0.2) is 14.5 Å². The van der Waals surface area contributed by atoms with Crippen molar-refractivity contribution < 1.29 is 4.57 Å². The predicted octanol–water partition coefficient (Wildman–Crippen LogP) is 7.50. The van der Waals surface area contributed by atoms with Crippen molar-refractivity contribution in [3.63, 3.8) is 0 Å². The molecule has 41 heavy (non-hydrogen) atoms. The van der Waals surface area contributed by atoms with E-state index < -0.39 is 7.14 Å². The minimum atomic E-state index is -3.13. The number of para-hydroxylation sites is 1. The van der Waals surface area contributed by atoms with Crippen molar-refractivity contribution in [1.82, 2.24) is 14.5 Å². The van der Waals surface area contributed by atoms with Crippen LogP contribution in [0.4, 0.5) is 0 Å². The lowest BCUT2D eigenvalue weighted by Gasteiger charge is -2.17. The molecule has 4 heterocycles. The maximum absolute atomic E-state index is 15.5. The molecule has 1 aliphatic heterocycles. The van der Waals surface area contributed by atoms with Crippen molar-refractivity contribution in [3.8, 4) is 16.8 Å². The number of rotatable bonds is 2. The third-order valence-electron chi connectivity index (χ3n) is 8.45. The van der Waals surface area contributed by atoms with Gasteiger partial charge in [-0.15, -0.1) is 0 Å². The van der Waals surface area contributed by atoms with E-state index in [2.05, 4.69) is 76.3 Å². The van der Waals surface area contributed by atoms with Crippen LogP contribution in [0, 0.1) is 0 Å². The predicted molar refractivity (Wildman–Crippen MR) is 170 cm³/mol. The van der Waals surface area contributed by atoms with Gasteiger partial charge in [-0.25, -0.2) is 0 Å². The van der Waals surface area contributed by atoms with E-state index in [1.807, 2.05) is 67.0 Å². The Morgan fingerprint density at radius 3 is 2.32 bits per heavy atom. The topological polar surface area (TPSA) is 47.8 Å². The van der Waals surface area contributed by atoms with Gasteiger partial charge in [-0.2, -0.15) is 0 Å².